The monoisotopic (exact) mass is 424 g/mol. The van der Waals surface area contributed by atoms with Crippen LogP contribution in [0.15, 0.2) is 47.4 Å². The minimum absolute atomic E-state index is 0.196. The summed E-state index contributed by atoms with van der Waals surface area (Å²) in [7, 11) is 0. The zero-order chi connectivity index (χ0) is 21.8. The molecule has 0 saturated carbocycles. The predicted molar refractivity (Wildman–Crippen MR) is 113 cm³/mol. The van der Waals surface area contributed by atoms with Crippen molar-refractivity contribution in [3.63, 3.8) is 0 Å². The van der Waals surface area contributed by atoms with Gasteiger partial charge >= 0.3 is 11.7 Å². The van der Waals surface area contributed by atoms with E-state index in [0.29, 0.717) is 38.4 Å². The molecule has 0 spiro atoms. The Kier molecular flexibility index (Phi) is 5.96. The van der Waals surface area contributed by atoms with E-state index in [1.807, 2.05) is 30.3 Å². The molecule has 0 radical (unpaired) electrons. The van der Waals surface area contributed by atoms with Crippen LogP contribution < -0.4 is 11.0 Å². The molecule has 10 heteroatoms. The van der Waals surface area contributed by atoms with Gasteiger partial charge in [-0.15, -0.1) is 5.10 Å². The van der Waals surface area contributed by atoms with Crippen molar-refractivity contribution >= 4 is 29.2 Å². The minimum Gasteiger partial charge on any atom is -0.466 e. The van der Waals surface area contributed by atoms with Crippen molar-refractivity contribution in [3.05, 3.63) is 53.1 Å². The highest BCUT2D eigenvalue weighted by atomic mass is 16.5. The first-order valence-corrected chi connectivity index (χ1v) is 10.3. The smallest absolute Gasteiger partial charge is 0.352 e. The number of fused-ring (bicyclic) bond motifs is 1. The molecule has 0 unspecified atom stereocenters. The van der Waals surface area contributed by atoms with E-state index in [0.717, 1.165) is 10.4 Å². The number of amides is 1. The molecule has 10 nitrogen and oxygen atoms in total. The summed E-state index contributed by atoms with van der Waals surface area (Å²) in [6.07, 6.45) is 2.98. The van der Waals surface area contributed by atoms with Gasteiger partial charge in [-0.1, -0.05) is 18.2 Å². The number of anilines is 2. The van der Waals surface area contributed by atoms with Crippen LogP contribution in [0, 0.1) is 5.92 Å². The molecule has 1 aliphatic heterocycles. The summed E-state index contributed by atoms with van der Waals surface area (Å²) >= 11 is 0. The van der Waals surface area contributed by atoms with Crippen LogP contribution in [0.2, 0.25) is 0 Å². The molecular weight excluding hydrogens is 400 g/mol. The number of ether oxygens (including phenoxy) is 1. The molecule has 2 aromatic heterocycles. The van der Waals surface area contributed by atoms with Gasteiger partial charge in [0.2, 0.25) is 5.91 Å². The molecule has 31 heavy (non-hydrogen) atoms. The first-order chi connectivity index (χ1) is 15.0. The Morgan fingerprint density at radius 1 is 1.23 bits per heavy atom. The van der Waals surface area contributed by atoms with E-state index in [4.69, 9.17) is 4.74 Å². The number of carbonyl (C=O) groups is 2. The Hall–Kier alpha value is -3.69. The van der Waals surface area contributed by atoms with Gasteiger partial charge in [0.25, 0.3) is 5.78 Å². The van der Waals surface area contributed by atoms with Crippen LogP contribution in [-0.2, 0) is 20.9 Å². The molecule has 0 bridgehead atoms. The van der Waals surface area contributed by atoms with Gasteiger partial charge in [0.1, 0.15) is 12.4 Å². The maximum atomic E-state index is 12.8. The zero-order valence-corrected chi connectivity index (χ0v) is 17.2. The lowest BCUT2D eigenvalue weighted by Crippen LogP contribution is -2.45. The first-order valence-electron chi connectivity index (χ1n) is 10.3. The fourth-order valence-electron chi connectivity index (χ4n) is 3.63. The summed E-state index contributed by atoms with van der Waals surface area (Å²) in [5.74, 6) is -0.143. The Labute approximate surface area is 178 Å². The molecule has 1 fully saturated rings. The van der Waals surface area contributed by atoms with E-state index in [9.17, 15) is 14.4 Å². The minimum atomic E-state index is -0.443. The number of aromatic nitrogens is 4. The number of piperidine rings is 1. The second-order valence-corrected chi connectivity index (χ2v) is 7.34. The average Bonchev–Trinajstić information content (AvgIpc) is 3.09. The third-order valence-corrected chi connectivity index (χ3v) is 5.18. The Morgan fingerprint density at radius 2 is 2.03 bits per heavy atom. The molecule has 1 N–H and O–H groups in total. The number of para-hydroxylation sites is 1. The van der Waals surface area contributed by atoms with Crippen molar-refractivity contribution in [2.45, 2.75) is 26.3 Å². The molecule has 1 saturated heterocycles. The van der Waals surface area contributed by atoms with Crippen LogP contribution in [0.5, 0.6) is 0 Å². The van der Waals surface area contributed by atoms with E-state index in [-0.39, 0.29) is 30.1 Å². The van der Waals surface area contributed by atoms with Crippen LogP contribution in [0.25, 0.3) is 5.78 Å². The number of benzene rings is 1. The molecule has 3 heterocycles. The van der Waals surface area contributed by atoms with Crippen LogP contribution in [-0.4, -0.2) is 55.6 Å². The summed E-state index contributed by atoms with van der Waals surface area (Å²) in [6, 6.07) is 11.2. The molecule has 0 aliphatic carbocycles. The normalized spacial score (nSPS) is 16.3. The number of carbonyl (C=O) groups excluding carboxylic acids is 2. The van der Waals surface area contributed by atoms with Crippen molar-refractivity contribution in [2.75, 3.05) is 25.0 Å². The maximum Gasteiger partial charge on any atom is 0.352 e. The van der Waals surface area contributed by atoms with E-state index < -0.39 is 5.69 Å². The third-order valence-electron chi connectivity index (χ3n) is 5.18. The van der Waals surface area contributed by atoms with Crippen molar-refractivity contribution < 1.29 is 14.3 Å². The highest BCUT2D eigenvalue weighted by molar-refractivity contribution is 5.78. The standard InChI is InChI=1S/C21H24N6O4/c1-2-31-19(29)15-7-6-11-25(13-15)18(28)14-27-21(30)26-12-10-17(23-20(26)24-27)22-16-8-4-3-5-9-16/h3-5,8-10,12,15H,2,6-7,11,13-14H2,1H3,(H,22,23,24)/t15-/m0/s1. The van der Waals surface area contributed by atoms with Crippen molar-refractivity contribution in [2.24, 2.45) is 5.92 Å². The summed E-state index contributed by atoms with van der Waals surface area (Å²) in [6.45, 7) is 2.70. The lowest BCUT2D eigenvalue weighted by Gasteiger charge is -2.31. The molecule has 1 aromatic carbocycles. The fourth-order valence-corrected chi connectivity index (χ4v) is 3.63. The fraction of sp³-hybridized carbons (Fsp3) is 0.381. The molecule has 3 aromatic rings. The summed E-state index contributed by atoms with van der Waals surface area (Å²) in [5, 5.41) is 7.36. The summed E-state index contributed by atoms with van der Waals surface area (Å²) in [4.78, 5) is 43.4. The Morgan fingerprint density at radius 3 is 2.81 bits per heavy atom. The van der Waals surface area contributed by atoms with Gasteiger partial charge in [-0.2, -0.15) is 4.98 Å². The Balaban J connectivity index is 1.48. The largest absolute Gasteiger partial charge is 0.466 e. The van der Waals surface area contributed by atoms with E-state index >= 15 is 0 Å². The summed E-state index contributed by atoms with van der Waals surface area (Å²) in [5.41, 5.74) is 0.415. The maximum absolute atomic E-state index is 12.8. The van der Waals surface area contributed by atoms with Crippen LogP contribution in [0.3, 0.4) is 0 Å². The number of hydrogen-bond acceptors (Lipinski definition) is 7. The predicted octanol–water partition coefficient (Wildman–Crippen LogP) is 1.44. The molecule has 162 valence electrons. The topological polar surface area (TPSA) is 111 Å². The molecule has 1 amide bonds. The zero-order valence-electron chi connectivity index (χ0n) is 17.2. The third kappa shape index (κ3) is 4.57. The average molecular weight is 424 g/mol. The highest BCUT2D eigenvalue weighted by Crippen LogP contribution is 2.18. The molecular formula is C21H24N6O4. The molecule has 1 aliphatic rings. The van der Waals surface area contributed by atoms with Crippen LogP contribution >= 0.6 is 0 Å². The van der Waals surface area contributed by atoms with E-state index in [1.54, 1.807) is 24.1 Å². The van der Waals surface area contributed by atoms with Gasteiger partial charge in [-0.3, -0.25) is 9.59 Å². The highest BCUT2D eigenvalue weighted by Gasteiger charge is 2.29. The second-order valence-electron chi connectivity index (χ2n) is 7.34. The lowest BCUT2D eigenvalue weighted by atomic mass is 9.98. The number of likely N-dealkylation sites (tertiary alicyclic amines) is 1. The van der Waals surface area contributed by atoms with Gasteiger partial charge in [0.15, 0.2) is 0 Å². The SMILES string of the molecule is CCOC(=O)[C@H]1CCCN(C(=O)Cn2nc3nc(Nc4ccccc4)ccn3c2=O)C1. The number of hydrogen-bond donors (Lipinski definition) is 1. The number of esters is 1. The lowest BCUT2D eigenvalue weighted by molar-refractivity contribution is -0.151. The van der Waals surface area contributed by atoms with Crippen molar-refractivity contribution in [3.8, 4) is 0 Å². The molecule has 1 atom stereocenters. The van der Waals surface area contributed by atoms with Crippen molar-refractivity contribution in [1.82, 2.24) is 24.1 Å². The van der Waals surface area contributed by atoms with E-state index in [1.165, 1.54) is 4.40 Å². The molecule has 4 rings (SSSR count). The van der Waals surface area contributed by atoms with Gasteiger partial charge in [0.05, 0.1) is 12.5 Å². The van der Waals surface area contributed by atoms with Crippen molar-refractivity contribution in [1.29, 1.82) is 0 Å². The van der Waals surface area contributed by atoms with Crippen LogP contribution in [0.1, 0.15) is 19.8 Å². The van der Waals surface area contributed by atoms with Crippen LogP contribution in [0.4, 0.5) is 11.5 Å². The van der Waals surface area contributed by atoms with E-state index in [2.05, 4.69) is 15.4 Å². The van der Waals surface area contributed by atoms with Gasteiger partial charge in [-0.25, -0.2) is 13.9 Å². The van der Waals surface area contributed by atoms with Gasteiger partial charge in [0, 0.05) is 25.0 Å². The quantitative estimate of drug-likeness (QED) is 0.596. The summed E-state index contributed by atoms with van der Waals surface area (Å²) < 4.78 is 7.47. The first kappa shape index (κ1) is 20.6. The second kappa shape index (κ2) is 8.99. The van der Waals surface area contributed by atoms with Gasteiger partial charge in [-0.05, 0) is 38.0 Å². The number of nitrogens with one attached hydrogen (secondary N) is 1. The van der Waals surface area contributed by atoms with Gasteiger partial charge < -0.3 is 15.0 Å². The number of nitrogens with zero attached hydrogens (tertiary/aromatic N) is 5. The number of rotatable bonds is 6. The Bertz CT molecular complexity index is 1140.